The summed E-state index contributed by atoms with van der Waals surface area (Å²) in [5.41, 5.74) is 1.21. The molecule has 0 N–H and O–H groups in total. The highest BCUT2D eigenvalue weighted by molar-refractivity contribution is 6.07. The van der Waals surface area contributed by atoms with E-state index in [1.165, 1.54) is 27.1 Å². The van der Waals surface area contributed by atoms with Crippen LogP contribution in [-0.4, -0.2) is 0 Å². The van der Waals surface area contributed by atoms with Crippen LogP contribution in [0, 0.1) is 0 Å². The Morgan fingerprint density at radius 1 is 0.778 bits per heavy atom. The summed E-state index contributed by atoms with van der Waals surface area (Å²) in [5.74, 6) is 0. The van der Waals surface area contributed by atoms with Gasteiger partial charge in [-0.05, 0) is 33.2 Å². The summed E-state index contributed by atoms with van der Waals surface area (Å²) < 4.78 is 0. The normalized spacial score (nSPS) is 11.3. The molecule has 0 saturated heterocycles. The summed E-state index contributed by atoms with van der Waals surface area (Å²) in [6.07, 6.45) is 5.84. The molecule has 0 saturated carbocycles. The highest BCUT2D eigenvalue weighted by atomic mass is 14.0. The lowest BCUT2D eigenvalue weighted by Gasteiger charge is -2.04. The second-order valence-electron chi connectivity index (χ2n) is 4.36. The van der Waals surface area contributed by atoms with Crippen molar-refractivity contribution in [2.45, 2.75) is 0 Å². The molecular weight excluding hydrogens is 216 g/mol. The minimum Gasteiger partial charge on any atom is -0.0991 e. The molecule has 86 valence electrons. The van der Waals surface area contributed by atoms with Crippen LogP contribution in [0.5, 0.6) is 0 Å². The molecule has 3 rings (SSSR count). The molecule has 0 aliphatic heterocycles. The molecule has 0 heterocycles. The van der Waals surface area contributed by atoms with Gasteiger partial charge < -0.3 is 0 Å². The predicted octanol–water partition coefficient (Wildman–Crippen LogP) is 5.19. The van der Waals surface area contributed by atoms with E-state index >= 15 is 0 Å². The van der Waals surface area contributed by atoms with Crippen molar-refractivity contribution >= 4 is 27.6 Å². The smallest absolute Gasteiger partial charge is 0.00995 e. The SMILES string of the molecule is C=CC=Cc1ccc2ccc3ccccc3c2c1. The molecule has 0 aliphatic rings. The summed E-state index contributed by atoms with van der Waals surface area (Å²) in [4.78, 5) is 0. The lowest BCUT2D eigenvalue weighted by Crippen LogP contribution is -1.79. The van der Waals surface area contributed by atoms with Crippen molar-refractivity contribution in [3.8, 4) is 0 Å². The van der Waals surface area contributed by atoms with Gasteiger partial charge in [-0.25, -0.2) is 0 Å². The number of hydrogen-bond donors (Lipinski definition) is 0. The summed E-state index contributed by atoms with van der Waals surface area (Å²) >= 11 is 0. The van der Waals surface area contributed by atoms with E-state index in [1.807, 2.05) is 6.08 Å². The molecule has 0 atom stereocenters. The topological polar surface area (TPSA) is 0 Å². The van der Waals surface area contributed by atoms with Gasteiger partial charge in [-0.15, -0.1) is 0 Å². The van der Waals surface area contributed by atoms with Gasteiger partial charge in [0.1, 0.15) is 0 Å². The van der Waals surface area contributed by atoms with E-state index in [2.05, 4.69) is 67.3 Å². The third kappa shape index (κ3) is 1.82. The highest BCUT2D eigenvalue weighted by Gasteiger charge is 2.00. The number of hydrogen-bond acceptors (Lipinski definition) is 0. The van der Waals surface area contributed by atoms with E-state index in [0.717, 1.165) is 0 Å². The van der Waals surface area contributed by atoms with Gasteiger partial charge in [-0.2, -0.15) is 0 Å². The van der Waals surface area contributed by atoms with E-state index in [-0.39, 0.29) is 0 Å². The summed E-state index contributed by atoms with van der Waals surface area (Å²) in [6.45, 7) is 3.70. The van der Waals surface area contributed by atoms with E-state index in [4.69, 9.17) is 0 Å². The van der Waals surface area contributed by atoms with Crippen molar-refractivity contribution in [3.63, 3.8) is 0 Å². The van der Waals surface area contributed by atoms with E-state index in [1.54, 1.807) is 6.08 Å². The zero-order valence-corrected chi connectivity index (χ0v) is 10.1. The summed E-state index contributed by atoms with van der Waals surface area (Å²) in [6, 6.07) is 19.4. The lowest BCUT2D eigenvalue weighted by atomic mass is 10.00. The minimum atomic E-state index is 1.21. The third-order valence-electron chi connectivity index (χ3n) is 3.20. The molecule has 0 amide bonds. The average molecular weight is 230 g/mol. The molecule has 3 aromatic rings. The van der Waals surface area contributed by atoms with Crippen LogP contribution in [0.25, 0.3) is 27.6 Å². The molecule has 0 aromatic heterocycles. The Bertz CT molecular complexity index is 748. The predicted molar refractivity (Wildman–Crippen MR) is 80.7 cm³/mol. The summed E-state index contributed by atoms with van der Waals surface area (Å²) in [7, 11) is 0. The quantitative estimate of drug-likeness (QED) is 0.419. The molecular formula is C18H14. The Balaban J connectivity index is 2.33. The van der Waals surface area contributed by atoms with Crippen LogP contribution in [0.3, 0.4) is 0 Å². The van der Waals surface area contributed by atoms with Crippen molar-refractivity contribution < 1.29 is 0 Å². The monoisotopic (exact) mass is 230 g/mol. The first-order chi connectivity index (χ1) is 8.88. The molecule has 0 aliphatic carbocycles. The van der Waals surface area contributed by atoms with Gasteiger partial charge in [0.15, 0.2) is 0 Å². The van der Waals surface area contributed by atoms with Crippen LogP contribution < -0.4 is 0 Å². The lowest BCUT2D eigenvalue weighted by molar-refractivity contribution is 1.72. The number of rotatable bonds is 2. The van der Waals surface area contributed by atoms with Crippen molar-refractivity contribution in [2.75, 3.05) is 0 Å². The average Bonchev–Trinajstić information content (AvgIpc) is 2.45. The molecule has 0 unspecified atom stereocenters. The molecule has 0 heteroatoms. The molecule has 18 heavy (non-hydrogen) atoms. The second-order valence-corrected chi connectivity index (χ2v) is 4.36. The number of fused-ring (bicyclic) bond motifs is 3. The Morgan fingerprint density at radius 2 is 1.50 bits per heavy atom. The fourth-order valence-electron chi connectivity index (χ4n) is 2.30. The second kappa shape index (κ2) is 4.50. The van der Waals surface area contributed by atoms with Gasteiger partial charge in [-0.1, -0.05) is 73.3 Å². The Hall–Kier alpha value is -2.34. The highest BCUT2D eigenvalue weighted by Crippen LogP contribution is 2.26. The Kier molecular flexibility index (Phi) is 2.70. The van der Waals surface area contributed by atoms with Gasteiger partial charge in [0.25, 0.3) is 0 Å². The zero-order chi connectivity index (χ0) is 12.4. The van der Waals surface area contributed by atoms with Crippen LogP contribution >= 0.6 is 0 Å². The van der Waals surface area contributed by atoms with Gasteiger partial charge in [0.2, 0.25) is 0 Å². The van der Waals surface area contributed by atoms with Crippen molar-refractivity contribution in [3.05, 3.63) is 78.9 Å². The van der Waals surface area contributed by atoms with Crippen molar-refractivity contribution in [1.29, 1.82) is 0 Å². The van der Waals surface area contributed by atoms with Crippen LogP contribution in [0.2, 0.25) is 0 Å². The standard InChI is InChI=1S/C18H14/c1-2-3-6-14-9-10-16-12-11-15-7-4-5-8-17(15)18(16)13-14/h2-13H,1H2. The first-order valence-corrected chi connectivity index (χ1v) is 6.09. The van der Waals surface area contributed by atoms with Crippen molar-refractivity contribution in [2.24, 2.45) is 0 Å². The van der Waals surface area contributed by atoms with Crippen LogP contribution in [0.1, 0.15) is 5.56 Å². The third-order valence-corrected chi connectivity index (χ3v) is 3.20. The molecule has 0 fully saturated rings. The molecule has 3 aromatic carbocycles. The van der Waals surface area contributed by atoms with Gasteiger partial charge in [0, 0.05) is 0 Å². The van der Waals surface area contributed by atoms with Gasteiger partial charge in [-0.3, -0.25) is 0 Å². The van der Waals surface area contributed by atoms with E-state index in [9.17, 15) is 0 Å². The molecule has 0 nitrogen and oxygen atoms in total. The first kappa shape index (κ1) is 10.8. The molecule has 0 bridgehead atoms. The summed E-state index contributed by atoms with van der Waals surface area (Å²) in [5, 5.41) is 5.18. The van der Waals surface area contributed by atoms with E-state index in [0.29, 0.717) is 0 Å². The Morgan fingerprint density at radius 3 is 2.33 bits per heavy atom. The minimum absolute atomic E-state index is 1.21. The number of allylic oxidation sites excluding steroid dienone is 2. The maximum atomic E-state index is 3.70. The number of benzene rings is 3. The van der Waals surface area contributed by atoms with Gasteiger partial charge in [0.05, 0.1) is 0 Å². The fraction of sp³-hybridized carbons (Fsp3) is 0. The molecule has 0 spiro atoms. The maximum absolute atomic E-state index is 3.70. The van der Waals surface area contributed by atoms with E-state index < -0.39 is 0 Å². The largest absolute Gasteiger partial charge is 0.0991 e. The maximum Gasteiger partial charge on any atom is -0.00995 e. The zero-order valence-electron chi connectivity index (χ0n) is 10.1. The Labute approximate surface area is 107 Å². The fourth-order valence-corrected chi connectivity index (χ4v) is 2.30. The first-order valence-electron chi connectivity index (χ1n) is 6.09. The van der Waals surface area contributed by atoms with Gasteiger partial charge >= 0.3 is 0 Å². The van der Waals surface area contributed by atoms with Crippen LogP contribution in [0.4, 0.5) is 0 Å². The van der Waals surface area contributed by atoms with Crippen LogP contribution in [0.15, 0.2) is 73.3 Å². The van der Waals surface area contributed by atoms with Crippen molar-refractivity contribution in [1.82, 2.24) is 0 Å². The van der Waals surface area contributed by atoms with Crippen LogP contribution in [-0.2, 0) is 0 Å². The molecule has 0 radical (unpaired) electrons.